The molecule has 3 rings (SSSR count). The third-order valence-electron chi connectivity index (χ3n) is 5.72. The van der Waals surface area contributed by atoms with Crippen LogP contribution in [-0.4, -0.2) is 46.4 Å². The van der Waals surface area contributed by atoms with Gasteiger partial charge in [0.05, 0.1) is 11.0 Å². The van der Waals surface area contributed by atoms with Gasteiger partial charge in [-0.25, -0.2) is 8.42 Å². The van der Waals surface area contributed by atoms with Crippen molar-refractivity contribution in [2.75, 3.05) is 19.9 Å². The Morgan fingerprint density at radius 3 is 2.73 bits per heavy atom. The second-order valence-corrected chi connectivity index (χ2v) is 9.97. The molecule has 1 saturated carbocycles. The molecule has 2 fully saturated rings. The lowest BCUT2D eigenvalue weighted by Crippen LogP contribution is -2.67. The predicted octanol–water partition coefficient (Wildman–Crippen LogP) is 1.88. The van der Waals surface area contributed by atoms with Crippen molar-refractivity contribution in [3.8, 4) is 0 Å². The fraction of sp³-hybridized carbons (Fsp3) is 0.632. The molecule has 1 aromatic carbocycles. The Bertz CT molecular complexity index is 817. The number of sulfone groups is 1. The fourth-order valence-corrected chi connectivity index (χ4v) is 5.34. The minimum atomic E-state index is -3.19. The van der Waals surface area contributed by atoms with Crippen LogP contribution in [0.15, 0.2) is 28.1 Å². The summed E-state index contributed by atoms with van der Waals surface area (Å²) < 4.78 is 29.3. The molecule has 0 bridgehead atoms. The van der Waals surface area contributed by atoms with Gasteiger partial charge >= 0.3 is 0 Å². The minimum Gasteiger partial charge on any atom is -0.377 e. The van der Waals surface area contributed by atoms with Crippen LogP contribution in [0.3, 0.4) is 0 Å². The van der Waals surface area contributed by atoms with Crippen LogP contribution in [0.5, 0.6) is 0 Å². The zero-order valence-electron chi connectivity index (χ0n) is 16.2. The van der Waals surface area contributed by atoms with E-state index in [-0.39, 0.29) is 5.41 Å². The van der Waals surface area contributed by atoms with Gasteiger partial charge < -0.3 is 15.4 Å². The van der Waals surface area contributed by atoms with Crippen molar-refractivity contribution in [2.24, 2.45) is 16.3 Å². The van der Waals surface area contributed by atoms with Crippen molar-refractivity contribution in [1.29, 1.82) is 0 Å². The summed E-state index contributed by atoms with van der Waals surface area (Å²) in [6.45, 7) is 7.72. The van der Waals surface area contributed by atoms with Crippen LogP contribution < -0.4 is 10.6 Å². The molecule has 0 spiro atoms. The van der Waals surface area contributed by atoms with E-state index in [0.29, 0.717) is 29.5 Å². The molecule has 26 heavy (non-hydrogen) atoms. The highest BCUT2D eigenvalue weighted by molar-refractivity contribution is 7.90. The number of fused-ring (bicyclic) bond motifs is 1. The van der Waals surface area contributed by atoms with Crippen molar-refractivity contribution in [1.82, 2.24) is 10.6 Å². The highest BCUT2D eigenvalue weighted by atomic mass is 32.2. The number of rotatable bonds is 4. The van der Waals surface area contributed by atoms with Gasteiger partial charge in [-0.3, -0.25) is 4.99 Å². The first-order valence-corrected chi connectivity index (χ1v) is 10.9. The summed E-state index contributed by atoms with van der Waals surface area (Å²) in [4.78, 5) is 4.72. The molecular formula is C19H29N3O3S. The molecule has 1 saturated heterocycles. The van der Waals surface area contributed by atoms with Crippen molar-refractivity contribution >= 4 is 15.8 Å². The topological polar surface area (TPSA) is 79.8 Å². The van der Waals surface area contributed by atoms with Crippen molar-refractivity contribution in [3.63, 3.8) is 0 Å². The molecule has 1 heterocycles. The lowest BCUT2D eigenvalue weighted by atomic mass is 9.57. The summed E-state index contributed by atoms with van der Waals surface area (Å²) in [7, 11) is -1.42. The molecule has 7 heteroatoms. The van der Waals surface area contributed by atoms with Gasteiger partial charge in [-0.05, 0) is 30.5 Å². The van der Waals surface area contributed by atoms with Gasteiger partial charge in [-0.15, -0.1) is 0 Å². The van der Waals surface area contributed by atoms with Crippen LogP contribution in [0, 0.1) is 18.3 Å². The van der Waals surface area contributed by atoms with Gasteiger partial charge in [-0.2, -0.15) is 0 Å². The normalized spacial score (nSPS) is 27.6. The monoisotopic (exact) mass is 379 g/mol. The van der Waals surface area contributed by atoms with Gasteiger partial charge in [0.25, 0.3) is 0 Å². The van der Waals surface area contributed by atoms with E-state index in [2.05, 4.69) is 29.5 Å². The van der Waals surface area contributed by atoms with Gasteiger partial charge in [0.2, 0.25) is 0 Å². The number of nitrogens with one attached hydrogen (secondary N) is 2. The van der Waals surface area contributed by atoms with E-state index >= 15 is 0 Å². The molecule has 6 nitrogen and oxygen atoms in total. The van der Waals surface area contributed by atoms with E-state index < -0.39 is 9.84 Å². The Hall–Kier alpha value is -1.60. The maximum atomic E-state index is 11.7. The molecule has 144 valence electrons. The Labute approximate surface area is 156 Å². The smallest absolute Gasteiger partial charge is 0.191 e. The summed E-state index contributed by atoms with van der Waals surface area (Å²) >= 11 is 0. The maximum Gasteiger partial charge on any atom is 0.191 e. The molecular weight excluding hydrogens is 350 g/mol. The summed E-state index contributed by atoms with van der Waals surface area (Å²) in [6, 6.07) is 5.77. The zero-order chi connectivity index (χ0) is 19.1. The Balaban J connectivity index is 1.62. The number of hydrogen-bond acceptors (Lipinski definition) is 4. The van der Waals surface area contributed by atoms with E-state index in [1.807, 2.05) is 19.1 Å². The van der Waals surface area contributed by atoms with Crippen LogP contribution in [-0.2, 0) is 21.1 Å². The molecule has 0 radical (unpaired) electrons. The van der Waals surface area contributed by atoms with E-state index in [1.54, 1.807) is 13.1 Å². The van der Waals surface area contributed by atoms with Gasteiger partial charge in [0.15, 0.2) is 15.8 Å². The van der Waals surface area contributed by atoms with Crippen LogP contribution in [0.2, 0.25) is 0 Å². The summed E-state index contributed by atoms with van der Waals surface area (Å²) in [5.41, 5.74) is 1.88. The van der Waals surface area contributed by atoms with Crippen molar-refractivity contribution < 1.29 is 13.2 Å². The number of benzene rings is 1. The standard InChI is InChI=1S/C19H29N3O3S/c1-12-10-13(6-7-15(12)26(5,23)24)11-21-18(20-4)22-16-14-8-9-25-17(14)19(16,2)3/h6-7,10,14,16-17H,8-9,11H2,1-5H3,(H2,20,21,22). The molecule has 0 aromatic heterocycles. The van der Waals surface area contributed by atoms with Crippen molar-refractivity contribution in [2.45, 2.75) is 50.8 Å². The van der Waals surface area contributed by atoms with E-state index in [0.717, 1.165) is 30.1 Å². The highest BCUT2D eigenvalue weighted by Crippen LogP contribution is 2.52. The SMILES string of the molecule is CN=C(NCc1ccc(S(C)(=O)=O)c(C)c1)NC1C2CCOC2C1(C)C. The fourth-order valence-electron chi connectivity index (χ4n) is 4.38. The average molecular weight is 380 g/mol. The highest BCUT2D eigenvalue weighted by Gasteiger charge is 2.59. The van der Waals surface area contributed by atoms with Crippen molar-refractivity contribution in [3.05, 3.63) is 29.3 Å². The predicted molar refractivity (Wildman–Crippen MR) is 103 cm³/mol. The van der Waals surface area contributed by atoms with Gasteiger partial charge in [-0.1, -0.05) is 26.0 Å². The number of ether oxygens (including phenoxy) is 1. The summed E-state index contributed by atoms with van der Waals surface area (Å²) in [5.74, 6) is 1.30. The number of aryl methyl sites for hydroxylation is 1. The van der Waals surface area contributed by atoms with E-state index in [4.69, 9.17) is 4.74 Å². The molecule has 3 unspecified atom stereocenters. The van der Waals surface area contributed by atoms with Crippen LogP contribution in [0.4, 0.5) is 0 Å². The number of nitrogens with zero attached hydrogens (tertiary/aromatic N) is 1. The van der Waals surface area contributed by atoms with E-state index in [9.17, 15) is 8.42 Å². The number of guanidine groups is 1. The average Bonchev–Trinajstić information content (AvgIpc) is 3.01. The third-order valence-corrected chi connectivity index (χ3v) is 6.97. The third kappa shape index (κ3) is 3.47. The molecule has 1 aromatic rings. The van der Waals surface area contributed by atoms with Crippen LogP contribution in [0.25, 0.3) is 0 Å². The molecule has 0 amide bonds. The Morgan fingerprint density at radius 2 is 2.12 bits per heavy atom. The van der Waals surface area contributed by atoms with Gasteiger partial charge in [0, 0.05) is 43.8 Å². The first kappa shape index (κ1) is 19.2. The van der Waals surface area contributed by atoms with E-state index in [1.165, 1.54) is 6.26 Å². The van der Waals surface area contributed by atoms with Crippen LogP contribution >= 0.6 is 0 Å². The second kappa shape index (κ2) is 6.85. The molecule has 2 aliphatic rings. The lowest BCUT2D eigenvalue weighted by Gasteiger charge is -2.54. The minimum absolute atomic E-state index is 0.0898. The zero-order valence-corrected chi connectivity index (χ0v) is 17.0. The first-order chi connectivity index (χ1) is 12.1. The molecule has 2 N–H and O–H groups in total. The molecule has 1 aliphatic heterocycles. The quantitative estimate of drug-likeness (QED) is 0.617. The molecule has 3 atom stereocenters. The second-order valence-electron chi connectivity index (χ2n) is 7.99. The molecule has 1 aliphatic carbocycles. The van der Waals surface area contributed by atoms with Crippen LogP contribution in [0.1, 0.15) is 31.4 Å². The Kier molecular flexibility index (Phi) is 5.05. The first-order valence-electron chi connectivity index (χ1n) is 9.03. The van der Waals surface area contributed by atoms with Gasteiger partial charge in [0.1, 0.15) is 0 Å². The summed E-state index contributed by atoms with van der Waals surface area (Å²) in [6.07, 6.45) is 2.66. The number of hydrogen-bond donors (Lipinski definition) is 2. The summed E-state index contributed by atoms with van der Waals surface area (Å²) in [5, 5.41) is 6.88. The maximum absolute atomic E-state index is 11.7. The largest absolute Gasteiger partial charge is 0.377 e. The lowest BCUT2D eigenvalue weighted by molar-refractivity contribution is -0.106. The number of aliphatic imine (C=N–C) groups is 1. The Morgan fingerprint density at radius 1 is 1.38 bits per heavy atom.